The summed E-state index contributed by atoms with van der Waals surface area (Å²) >= 11 is 5.85. The van der Waals surface area contributed by atoms with E-state index in [0.717, 1.165) is 26.2 Å². The molecule has 2 N–H and O–H groups in total. The van der Waals surface area contributed by atoms with E-state index >= 15 is 0 Å². The number of halogens is 1. The molecule has 164 valence electrons. The van der Waals surface area contributed by atoms with Crippen molar-refractivity contribution in [1.29, 1.82) is 0 Å². The molecule has 1 atom stereocenters. The molecule has 1 aromatic heterocycles. The van der Waals surface area contributed by atoms with Crippen molar-refractivity contribution in [2.75, 3.05) is 44.6 Å². The number of anilines is 1. The van der Waals surface area contributed by atoms with Crippen LogP contribution >= 0.6 is 11.6 Å². The Morgan fingerprint density at radius 3 is 2.57 bits per heavy atom. The number of aliphatic hydroxyl groups is 1. The fraction of sp³-hybridized carbons (Fsp3) is 0.524. The van der Waals surface area contributed by atoms with Gasteiger partial charge in [0.15, 0.2) is 5.69 Å². The van der Waals surface area contributed by atoms with Gasteiger partial charge in [0, 0.05) is 43.4 Å². The molecule has 1 aliphatic heterocycles. The van der Waals surface area contributed by atoms with Crippen LogP contribution in [-0.4, -0.2) is 77.3 Å². The molecule has 9 heteroatoms. The number of β-amino-alcohol motifs (C(OH)–C–C–N with tert-alkyl or cyclic N) is 1. The molecule has 1 aromatic carbocycles. The molecular formula is C21H29ClN4O4. The van der Waals surface area contributed by atoms with E-state index in [1.54, 1.807) is 24.3 Å². The highest BCUT2D eigenvalue weighted by molar-refractivity contribution is 6.30. The van der Waals surface area contributed by atoms with Crippen molar-refractivity contribution in [1.82, 2.24) is 14.8 Å². The van der Waals surface area contributed by atoms with Crippen molar-refractivity contribution >= 4 is 23.2 Å². The summed E-state index contributed by atoms with van der Waals surface area (Å²) in [6.45, 7) is 8.80. The van der Waals surface area contributed by atoms with Crippen molar-refractivity contribution in [2.24, 2.45) is 0 Å². The Labute approximate surface area is 181 Å². The van der Waals surface area contributed by atoms with Crippen LogP contribution in [-0.2, 0) is 11.3 Å². The molecule has 0 bridgehead atoms. The Balaban J connectivity index is 1.42. The Morgan fingerprint density at radius 1 is 1.23 bits per heavy atom. The van der Waals surface area contributed by atoms with Gasteiger partial charge in [-0.1, -0.05) is 11.6 Å². The van der Waals surface area contributed by atoms with E-state index in [1.165, 1.54) is 6.26 Å². The molecule has 0 spiro atoms. The van der Waals surface area contributed by atoms with Gasteiger partial charge in [0.2, 0.25) is 5.89 Å². The zero-order valence-electron chi connectivity index (χ0n) is 17.4. The van der Waals surface area contributed by atoms with Crippen LogP contribution in [0.1, 0.15) is 30.2 Å². The molecule has 2 aromatic rings. The van der Waals surface area contributed by atoms with Gasteiger partial charge in [0.25, 0.3) is 5.91 Å². The van der Waals surface area contributed by atoms with Crippen LogP contribution in [0.5, 0.6) is 0 Å². The second kappa shape index (κ2) is 10.9. The van der Waals surface area contributed by atoms with E-state index < -0.39 is 6.10 Å². The van der Waals surface area contributed by atoms with Crippen molar-refractivity contribution in [3.05, 3.63) is 47.1 Å². The number of nitrogens with zero attached hydrogens (tertiary/aromatic N) is 3. The number of rotatable bonds is 9. The zero-order valence-corrected chi connectivity index (χ0v) is 18.1. The smallest absolute Gasteiger partial charge is 0.277 e. The molecule has 0 saturated carbocycles. The standard InChI is InChI=1S/C21H29ClN4O4/c1-15(2)29-13-18(27)11-25-7-9-26(10-8-25)12-20-24-19(14-30-20)21(28)23-17-5-3-16(22)4-6-17/h3-6,14-15,18,27H,7-13H2,1-2H3,(H,23,28)/t18-/m0/s1. The second-order valence-corrected chi connectivity index (χ2v) is 8.14. The minimum Gasteiger partial charge on any atom is -0.447 e. The summed E-state index contributed by atoms with van der Waals surface area (Å²) in [7, 11) is 0. The summed E-state index contributed by atoms with van der Waals surface area (Å²) in [5.41, 5.74) is 0.887. The highest BCUT2D eigenvalue weighted by Crippen LogP contribution is 2.15. The molecule has 3 rings (SSSR count). The first kappa shape index (κ1) is 22.7. The number of oxazole rings is 1. The number of carbonyl (C=O) groups excluding carboxylic acids is 1. The highest BCUT2D eigenvalue weighted by Gasteiger charge is 2.21. The minimum absolute atomic E-state index is 0.121. The number of aromatic nitrogens is 1. The molecule has 8 nitrogen and oxygen atoms in total. The molecule has 1 saturated heterocycles. The van der Waals surface area contributed by atoms with E-state index in [-0.39, 0.29) is 17.7 Å². The normalized spacial score (nSPS) is 16.7. The van der Waals surface area contributed by atoms with Crippen molar-refractivity contribution in [2.45, 2.75) is 32.6 Å². The predicted molar refractivity (Wildman–Crippen MR) is 115 cm³/mol. The Morgan fingerprint density at radius 2 is 1.90 bits per heavy atom. The first-order valence-corrected chi connectivity index (χ1v) is 10.5. The largest absolute Gasteiger partial charge is 0.447 e. The lowest BCUT2D eigenvalue weighted by Gasteiger charge is -2.35. The summed E-state index contributed by atoms with van der Waals surface area (Å²) in [6.07, 6.45) is 1.02. The Kier molecular flexibility index (Phi) is 8.24. The van der Waals surface area contributed by atoms with Gasteiger partial charge in [-0.05, 0) is 38.1 Å². The average Bonchev–Trinajstić information content (AvgIpc) is 3.18. The minimum atomic E-state index is -0.479. The Bertz CT molecular complexity index is 804. The van der Waals surface area contributed by atoms with Gasteiger partial charge < -0.3 is 19.6 Å². The molecule has 2 heterocycles. The lowest BCUT2D eigenvalue weighted by atomic mass is 10.2. The summed E-state index contributed by atoms with van der Waals surface area (Å²) in [5.74, 6) is 0.185. The lowest BCUT2D eigenvalue weighted by Crippen LogP contribution is -2.48. The maximum atomic E-state index is 12.3. The van der Waals surface area contributed by atoms with Crippen LogP contribution in [0.25, 0.3) is 0 Å². The number of benzene rings is 1. The number of carbonyl (C=O) groups is 1. The first-order chi connectivity index (χ1) is 14.4. The monoisotopic (exact) mass is 436 g/mol. The van der Waals surface area contributed by atoms with Crippen molar-refractivity contribution in [3.8, 4) is 0 Å². The topological polar surface area (TPSA) is 91.1 Å². The summed E-state index contributed by atoms with van der Waals surface area (Å²) in [6, 6.07) is 6.88. The van der Waals surface area contributed by atoms with Gasteiger partial charge >= 0.3 is 0 Å². The molecule has 0 unspecified atom stereocenters. The van der Waals surface area contributed by atoms with Crippen molar-refractivity contribution in [3.63, 3.8) is 0 Å². The van der Waals surface area contributed by atoms with Gasteiger partial charge in [-0.25, -0.2) is 4.98 Å². The van der Waals surface area contributed by atoms with Crippen LogP contribution in [0.15, 0.2) is 34.9 Å². The molecular weight excluding hydrogens is 408 g/mol. The Hall–Kier alpha value is -1.97. The van der Waals surface area contributed by atoms with Crippen LogP contribution < -0.4 is 5.32 Å². The molecule has 1 amide bonds. The molecule has 1 aliphatic rings. The van der Waals surface area contributed by atoms with Crippen LogP contribution in [0.3, 0.4) is 0 Å². The number of amides is 1. The van der Waals surface area contributed by atoms with Crippen molar-refractivity contribution < 1.29 is 19.1 Å². The molecule has 30 heavy (non-hydrogen) atoms. The van der Waals surface area contributed by atoms with E-state index in [1.807, 2.05) is 13.8 Å². The van der Waals surface area contributed by atoms with E-state index in [2.05, 4.69) is 20.1 Å². The predicted octanol–water partition coefficient (Wildman–Crippen LogP) is 2.48. The summed E-state index contributed by atoms with van der Waals surface area (Å²) in [4.78, 5) is 21.1. The third-order valence-electron chi connectivity index (χ3n) is 4.80. The second-order valence-electron chi connectivity index (χ2n) is 7.70. The maximum Gasteiger partial charge on any atom is 0.277 e. The van der Waals surface area contributed by atoms with Gasteiger partial charge in [-0.15, -0.1) is 0 Å². The van der Waals surface area contributed by atoms with E-state index in [9.17, 15) is 9.90 Å². The summed E-state index contributed by atoms with van der Waals surface area (Å²) < 4.78 is 10.9. The first-order valence-electron chi connectivity index (χ1n) is 10.1. The third-order valence-corrected chi connectivity index (χ3v) is 5.05. The SMILES string of the molecule is CC(C)OC[C@@H](O)CN1CCN(Cc2nc(C(=O)Nc3ccc(Cl)cc3)co2)CC1. The third kappa shape index (κ3) is 7.07. The number of hydrogen-bond acceptors (Lipinski definition) is 7. The van der Waals surface area contributed by atoms with Gasteiger partial charge in [-0.3, -0.25) is 14.6 Å². The van der Waals surface area contributed by atoms with E-state index in [0.29, 0.717) is 36.3 Å². The van der Waals surface area contributed by atoms with Gasteiger partial charge in [0.05, 0.1) is 25.4 Å². The zero-order chi connectivity index (χ0) is 21.5. The lowest BCUT2D eigenvalue weighted by molar-refractivity contribution is -0.0151. The fourth-order valence-electron chi connectivity index (χ4n) is 3.19. The molecule has 0 aliphatic carbocycles. The molecule has 1 fully saturated rings. The molecule has 0 radical (unpaired) electrons. The highest BCUT2D eigenvalue weighted by atomic mass is 35.5. The number of ether oxygens (including phenoxy) is 1. The van der Waals surface area contributed by atoms with Gasteiger partial charge in [0.1, 0.15) is 6.26 Å². The summed E-state index contributed by atoms with van der Waals surface area (Å²) in [5, 5.41) is 13.5. The van der Waals surface area contributed by atoms with Crippen LogP contribution in [0, 0.1) is 0 Å². The number of aliphatic hydroxyl groups excluding tert-OH is 1. The van der Waals surface area contributed by atoms with Crippen LogP contribution in [0.2, 0.25) is 5.02 Å². The van der Waals surface area contributed by atoms with Crippen LogP contribution in [0.4, 0.5) is 5.69 Å². The van der Waals surface area contributed by atoms with Gasteiger partial charge in [-0.2, -0.15) is 0 Å². The number of piperazine rings is 1. The average molecular weight is 437 g/mol. The quantitative estimate of drug-likeness (QED) is 0.624. The van der Waals surface area contributed by atoms with E-state index in [4.69, 9.17) is 20.8 Å². The fourth-order valence-corrected chi connectivity index (χ4v) is 3.32. The number of nitrogens with one attached hydrogen (secondary N) is 1. The number of hydrogen-bond donors (Lipinski definition) is 2. The maximum absolute atomic E-state index is 12.3.